The molecular weight excluding hydrogens is 284 g/mol. The molecule has 0 bridgehead atoms. The number of nitrogens with two attached hydrogens (primary N) is 1. The van der Waals surface area contributed by atoms with Crippen LogP contribution in [0.1, 0.15) is 50.7 Å². The summed E-state index contributed by atoms with van der Waals surface area (Å²) in [7, 11) is -3.42. The van der Waals surface area contributed by atoms with Crippen molar-refractivity contribution >= 4 is 10.0 Å². The van der Waals surface area contributed by atoms with E-state index in [1.165, 1.54) is 0 Å². The topological polar surface area (TPSA) is 63.4 Å². The Morgan fingerprint density at radius 3 is 2.67 bits per heavy atom. The molecule has 1 fully saturated rings. The number of benzene rings is 1. The zero-order valence-corrected chi connectivity index (χ0v) is 13.8. The molecule has 0 aliphatic carbocycles. The van der Waals surface area contributed by atoms with Crippen LogP contribution in [0.2, 0.25) is 0 Å². The van der Waals surface area contributed by atoms with Gasteiger partial charge in [-0.25, -0.2) is 8.42 Å². The van der Waals surface area contributed by atoms with Gasteiger partial charge in [-0.2, -0.15) is 4.31 Å². The predicted molar refractivity (Wildman–Crippen MR) is 85.5 cm³/mol. The van der Waals surface area contributed by atoms with Gasteiger partial charge < -0.3 is 5.73 Å². The molecule has 0 spiro atoms. The summed E-state index contributed by atoms with van der Waals surface area (Å²) in [4.78, 5) is 0.452. The lowest BCUT2D eigenvalue weighted by atomic mass is 10.0. The number of hydrogen-bond donors (Lipinski definition) is 1. The lowest BCUT2D eigenvalue weighted by molar-refractivity contribution is 0.246. The maximum absolute atomic E-state index is 13.1. The van der Waals surface area contributed by atoms with Gasteiger partial charge in [0.15, 0.2) is 0 Å². The molecule has 0 saturated carbocycles. The predicted octanol–water partition coefficient (Wildman–Crippen LogP) is 2.66. The fourth-order valence-electron chi connectivity index (χ4n) is 3.08. The van der Waals surface area contributed by atoms with E-state index >= 15 is 0 Å². The number of hydrogen-bond acceptors (Lipinski definition) is 3. The summed E-state index contributed by atoms with van der Waals surface area (Å²) in [6.45, 7) is 5.06. The summed E-state index contributed by atoms with van der Waals surface area (Å²) in [5.74, 6) is 0. The van der Waals surface area contributed by atoms with E-state index in [4.69, 9.17) is 5.73 Å². The lowest BCUT2D eigenvalue weighted by Gasteiger charge is -2.34. The minimum absolute atomic E-state index is 0.134. The van der Waals surface area contributed by atoms with Crippen LogP contribution in [0.25, 0.3) is 0 Å². The molecule has 1 aliphatic heterocycles. The normalized spacial score (nSPS) is 20.6. The molecule has 118 valence electrons. The molecule has 5 heteroatoms. The molecule has 1 aromatic rings. The summed E-state index contributed by atoms with van der Waals surface area (Å²) in [5, 5.41) is 0. The standard InChI is InChI=1S/C16H26N2O2S/c1-3-14-9-8-13(12-17)11-16(14)21(19,20)18-10-6-5-7-15(18)4-2/h8-9,11,15H,3-7,10,12,17H2,1-2H3. The zero-order valence-electron chi connectivity index (χ0n) is 13.0. The molecule has 4 nitrogen and oxygen atoms in total. The third-order valence-corrected chi connectivity index (χ3v) is 6.41. The smallest absolute Gasteiger partial charge is 0.243 e. The molecule has 1 aliphatic rings. The van der Waals surface area contributed by atoms with Crippen LogP contribution in [0.3, 0.4) is 0 Å². The Labute approximate surface area is 128 Å². The first-order chi connectivity index (χ1) is 10.0. The van der Waals surface area contributed by atoms with Crippen LogP contribution in [0.5, 0.6) is 0 Å². The molecule has 0 radical (unpaired) electrons. The summed E-state index contributed by atoms with van der Waals surface area (Å²) in [6.07, 6.45) is 4.62. The van der Waals surface area contributed by atoms with E-state index in [9.17, 15) is 8.42 Å². The van der Waals surface area contributed by atoms with Crippen molar-refractivity contribution in [2.75, 3.05) is 6.54 Å². The van der Waals surface area contributed by atoms with E-state index in [0.29, 0.717) is 24.4 Å². The molecule has 1 aromatic carbocycles. The van der Waals surface area contributed by atoms with Gasteiger partial charge in [-0.05, 0) is 42.9 Å². The Bertz CT molecular complexity index is 584. The highest BCUT2D eigenvalue weighted by atomic mass is 32.2. The second-order valence-electron chi connectivity index (χ2n) is 5.67. The highest BCUT2D eigenvalue weighted by Gasteiger charge is 2.33. The number of piperidine rings is 1. The maximum atomic E-state index is 13.1. The van der Waals surface area contributed by atoms with Crippen LogP contribution in [-0.4, -0.2) is 25.3 Å². The lowest BCUT2D eigenvalue weighted by Crippen LogP contribution is -2.43. The second-order valence-corrected chi connectivity index (χ2v) is 7.53. The van der Waals surface area contributed by atoms with E-state index in [1.54, 1.807) is 10.4 Å². The van der Waals surface area contributed by atoms with E-state index in [2.05, 4.69) is 6.92 Å². The van der Waals surface area contributed by atoms with Gasteiger partial charge >= 0.3 is 0 Å². The summed E-state index contributed by atoms with van der Waals surface area (Å²) in [6, 6.07) is 5.72. The van der Waals surface area contributed by atoms with Crippen molar-refractivity contribution in [1.29, 1.82) is 0 Å². The summed E-state index contributed by atoms with van der Waals surface area (Å²) >= 11 is 0. The number of rotatable bonds is 5. The second kappa shape index (κ2) is 6.90. The molecule has 1 unspecified atom stereocenters. The average molecular weight is 310 g/mol. The molecular formula is C16H26N2O2S. The Morgan fingerprint density at radius 1 is 1.29 bits per heavy atom. The third kappa shape index (κ3) is 3.30. The fraction of sp³-hybridized carbons (Fsp3) is 0.625. The first-order valence-electron chi connectivity index (χ1n) is 7.88. The van der Waals surface area contributed by atoms with Gasteiger partial charge in [0, 0.05) is 19.1 Å². The zero-order chi connectivity index (χ0) is 15.5. The molecule has 2 rings (SSSR count). The number of nitrogens with zero attached hydrogens (tertiary/aromatic N) is 1. The Balaban J connectivity index is 2.47. The SMILES string of the molecule is CCc1ccc(CN)cc1S(=O)(=O)N1CCCCC1CC. The van der Waals surface area contributed by atoms with Crippen molar-refractivity contribution in [3.8, 4) is 0 Å². The van der Waals surface area contributed by atoms with Crippen LogP contribution < -0.4 is 5.73 Å². The minimum atomic E-state index is -3.42. The highest BCUT2D eigenvalue weighted by Crippen LogP contribution is 2.29. The first-order valence-corrected chi connectivity index (χ1v) is 9.32. The van der Waals surface area contributed by atoms with Crippen LogP contribution in [-0.2, 0) is 23.0 Å². The molecule has 0 amide bonds. The molecule has 0 aromatic heterocycles. The largest absolute Gasteiger partial charge is 0.326 e. The molecule has 1 heterocycles. The summed E-state index contributed by atoms with van der Waals surface area (Å²) < 4.78 is 27.9. The van der Waals surface area contributed by atoms with Crippen LogP contribution in [0.4, 0.5) is 0 Å². The van der Waals surface area contributed by atoms with Gasteiger partial charge in [0.25, 0.3) is 0 Å². The van der Waals surface area contributed by atoms with Crippen molar-refractivity contribution < 1.29 is 8.42 Å². The Morgan fingerprint density at radius 2 is 2.05 bits per heavy atom. The van der Waals surface area contributed by atoms with E-state index in [-0.39, 0.29) is 6.04 Å². The van der Waals surface area contributed by atoms with Gasteiger partial charge in [0.1, 0.15) is 0 Å². The fourth-order valence-corrected chi connectivity index (χ4v) is 5.20. The van der Waals surface area contributed by atoms with Gasteiger partial charge in [-0.1, -0.05) is 32.4 Å². The Kier molecular flexibility index (Phi) is 5.41. The van der Waals surface area contributed by atoms with E-state index in [0.717, 1.165) is 36.8 Å². The maximum Gasteiger partial charge on any atom is 0.243 e. The van der Waals surface area contributed by atoms with Crippen LogP contribution >= 0.6 is 0 Å². The monoisotopic (exact) mass is 310 g/mol. The summed E-state index contributed by atoms with van der Waals surface area (Å²) in [5.41, 5.74) is 7.43. The van der Waals surface area contributed by atoms with Crippen LogP contribution in [0.15, 0.2) is 23.1 Å². The van der Waals surface area contributed by atoms with Gasteiger partial charge in [-0.3, -0.25) is 0 Å². The third-order valence-electron chi connectivity index (χ3n) is 4.38. The number of aryl methyl sites for hydroxylation is 1. The van der Waals surface area contributed by atoms with E-state index < -0.39 is 10.0 Å². The van der Waals surface area contributed by atoms with Crippen molar-refractivity contribution in [2.24, 2.45) is 5.73 Å². The number of sulfonamides is 1. The molecule has 1 atom stereocenters. The van der Waals surface area contributed by atoms with Crippen molar-refractivity contribution in [3.05, 3.63) is 29.3 Å². The molecule has 21 heavy (non-hydrogen) atoms. The van der Waals surface area contributed by atoms with E-state index in [1.807, 2.05) is 19.1 Å². The van der Waals surface area contributed by atoms with Crippen molar-refractivity contribution in [2.45, 2.75) is 63.4 Å². The Hall–Kier alpha value is -0.910. The van der Waals surface area contributed by atoms with Crippen LogP contribution in [0, 0.1) is 0 Å². The quantitative estimate of drug-likeness (QED) is 0.909. The van der Waals surface area contributed by atoms with Gasteiger partial charge in [0.2, 0.25) is 10.0 Å². The first kappa shape index (κ1) is 16.5. The van der Waals surface area contributed by atoms with Crippen molar-refractivity contribution in [3.63, 3.8) is 0 Å². The van der Waals surface area contributed by atoms with Gasteiger partial charge in [-0.15, -0.1) is 0 Å². The minimum Gasteiger partial charge on any atom is -0.326 e. The molecule has 2 N–H and O–H groups in total. The average Bonchev–Trinajstić information content (AvgIpc) is 2.54. The van der Waals surface area contributed by atoms with Crippen molar-refractivity contribution in [1.82, 2.24) is 4.31 Å². The van der Waals surface area contributed by atoms with Gasteiger partial charge in [0.05, 0.1) is 4.90 Å². The highest BCUT2D eigenvalue weighted by molar-refractivity contribution is 7.89. The molecule has 1 saturated heterocycles.